The highest BCUT2D eigenvalue weighted by Gasteiger charge is 2.37. The second-order valence-corrected chi connectivity index (χ2v) is 17.0. The van der Waals surface area contributed by atoms with Crippen LogP contribution in [0.15, 0.2) is 122 Å². The highest BCUT2D eigenvalue weighted by atomic mass is 16.3. The van der Waals surface area contributed by atoms with E-state index in [1.165, 1.54) is 24.6 Å². The molecule has 322 valence electrons. The molecule has 0 bridgehead atoms. The molecule has 0 fully saturated rings. The number of hydrogen-bond donors (Lipinski definition) is 6. The zero-order chi connectivity index (χ0) is 45.4. The third-order valence-corrected chi connectivity index (χ3v) is 12.1. The SMILES string of the molecule is Cc1c(-c2c(C)c(C(C)C)c3c(c2O)C(=CNc2ccc(Cc4ccncc4)cc2)C(=O)C(O)=C3)c(O)c2c(c1C(C)C)C=C(O)C(=O)C2=CNc1ccc(Cc2ccncc2)cc1. The molecule has 0 radical (unpaired) electrons. The number of benzene rings is 4. The van der Waals surface area contributed by atoms with Crippen molar-refractivity contribution < 1.29 is 30.0 Å². The van der Waals surface area contributed by atoms with Gasteiger partial charge in [-0.1, -0.05) is 52.0 Å². The maximum atomic E-state index is 13.9. The average molecular weight is 851 g/mol. The van der Waals surface area contributed by atoms with Crippen molar-refractivity contribution in [1.82, 2.24) is 9.97 Å². The van der Waals surface area contributed by atoms with Gasteiger partial charge in [0.2, 0.25) is 11.6 Å². The fraction of sp³-hybridized carbons (Fsp3) is 0.185. The smallest absolute Gasteiger partial charge is 0.229 e. The number of aliphatic hydroxyl groups is 2. The first kappa shape index (κ1) is 42.9. The van der Waals surface area contributed by atoms with Gasteiger partial charge in [0.05, 0.1) is 11.1 Å². The summed E-state index contributed by atoms with van der Waals surface area (Å²) in [4.78, 5) is 36.0. The molecule has 4 aromatic carbocycles. The number of carbonyl (C=O) groups is 2. The summed E-state index contributed by atoms with van der Waals surface area (Å²) in [5, 5.41) is 53.9. The van der Waals surface area contributed by atoms with Crippen molar-refractivity contribution in [3.05, 3.63) is 188 Å². The molecule has 0 saturated carbocycles. The van der Waals surface area contributed by atoms with Crippen LogP contribution in [0.1, 0.15) is 106 Å². The molecule has 2 aliphatic carbocycles. The molecule has 6 aromatic rings. The van der Waals surface area contributed by atoms with Gasteiger partial charge in [-0.05, 0) is 155 Å². The first-order valence-corrected chi connectivity index (χ1v) is 21.3. The Morgan fingerprint density at radius 2 is 0.828 bits per heavy atom. The number of phenolic OH excluding ortho intramolecular Hbond substituents is 2. The predicted molar refractivity (Wildman–Crippen MR) is 254 cm³/mol. The first-order valence-electron chi connectivity index (χ1n) is 21.3. The molecular formula is C54H50N4O6. The summed E-state index contributed by atoms with van der Waals surface area (Å²) in [6.07, 6.45) is 14.3. The van der Waals surface area contributed by atoms with Gasteiger partial charge in [-0.3, -0.25) is 19.6 Å². The third-order valence-electron chi connectivity index (χ3n) is 12.1. The van der Waals surface area contributed by atoms with Crippen molar-refractivity contribution >= 4 is 46.2 Å². The van der Waals surface area contributed by atoms with E-state index in [4.69, 9.17) is 0 Å². The van der Waals surface area contributed by atoms with Crippen molar-refractivity contribution in [1.29, 1.82) is 0 Å². The average Bonchev–Trinajstić information content (AvgIpc) is 3.27. The van der Waals surface area contributed by atoms with Gasteiger partial charge in [-0.15, -0.1) is 0 Å². The number of aliphatic hydroxyl groups excluding tert-OH is 2. The van der Waals surface area contributed by atoms with Gasteiger partial charge in [0.1, 0.15) is 11.5 Å². The lowest BCUT2D eigenvalue weighted by atomic mass is 9.74. The van der Waals surface area contributed by atoms with Gasteiger partial charge in [-0.2, -0.15) is 0 Å². The summed E-state index contributed by atoms with van der Waals surface area (Å²) in [7, 11) is 0. The summed E-state index contributed by atoms with van der Waals surface area (Å²) in [5.41, 5.74) is 10.6. The summed E-state index contributed by atoms with van der Waals surface area (Å²) in [6, 6.07) is 23.4. The number of carbonyl (C=O) groups excluding carboxylic acids is 2. The molecule has 10 nitrogen and oxygen atoms in total. The minimum absolute atomic E-state index is 0.0373. The van der Waals surface area contributed by atoms with Gasteiger partial charge in [0, 0.05) is 70.8 Å². The molecule has 2 aliphatic rings. The minimum Gasteiger partial charge on any atom is -0.507 e. The van der Waals surface area contributed by atoms with Crippen LogP contribution < -0.4 is 10.6 Å². The number of nitrogens with zero attached hydrogens (tertiary/aromatic N) is 2. The Morgan fingerprint density at radius 1 is 0.500 bits per heavy atom. The maximum Gasteiger partial charge on any atom is 0.229 e. The lowest BCUT2D eigenvalue weighted by Crippen LogP contribution is -2.17. The summed E-state index contributed by atoms with van der Waals surface area (Å²) in [6.45, 7) is 11.7. The summed E-state index contributed by atoms with van der Waals surface area (Å²) < 4.78 is 0. The van der Waals surface area contributed by atoms with E-state index in [2.05, 4.69) is 20.6 Å². The highest BCUT2D eigenvalue weighted by Crippen LogP contribution is 2.54. The molecule has 2 heterocycles. The molecule has 10 heteroatoms. The number of aromatic nitrogens is 2. The number of ketones is 2. The number of rotatable bonds is 11. The van der Waals surface area contributed by atoms with E-state index in [0.29, 0.717) is 44.8 Å². The normalized spacial score (nSPS) is 14.8. The maximum absolute atomic E-state index is 13.9. The third kappa shape index (κ3) is 8.06. The zero-order valence-corrected chi connectivity index (χ0v) is 36.6. The molecule has 64 heavy (non-hydrogen) atoms. The number of fused-ring (bicyclic) bond motifs is 2. The highest BCUT2D eigenvalue weighted by molar-refractivity contribution is 6.34. The number of hydrogen-bond acceptors (Lipinski definition) is 10. The fourth-order valence-corrected chi connectivity index (χ4v) is 9.15. The van der Waals surface area contributed by atoms with E-state index in [-0.39, 0.29) is 45.6 Å². The van der Waals surface area contributed by atoms with E-state index in [9.17, 15) is 30.0 Å². The van der Waals surface area contributed by atoms with Crippen LogP contribution in [0.2, 0.25) is 0 Å². The molecule has 0 saturated heterocycles. The van der Waals surface area contributed by atoms with Gasteiger partial charge >= 0.3 is 0 Å². The second kappa shape index (κ2) is 17.6. The van der Waals surface area contributed by atoms with Crippen molar-refractivity contribution in [2.24, 2.45) is 0 Å². The minimum atomic E-state index is -0.684. The topological polar surface area (TPSA) is 165 Å². The quantitative estimate of drug-likeness (QED) is 0.0691. The number of pyridine rings is 2. The standard InChI is InChI=1S/C54H50N4O6/c1-29(2)45-31(5)47(53(63)49-39(45)25-43(59)51(61)41(49)27-57-37-11-7-33(8-12-37)23-35-15-19-55-20-16-35)48-32(6)46(30(3)4)40-26-44(60)52(62)42(50(40)54(48)64)28-58-38-13-9-34(10-14-38)24-36-17-21-56-22-18-36/h7-22,25-30,57-60,63-64H,23-24H2,1-6H3. The van der Waals surface area contributed by atoms with E-state index < -0.39 is 23.1 Å². The number of phenols is 2. The van der Waals surface area contributed by atoms with E-state index in [1.807, 2.05) is 114 Å². The van der Waals surface area contributed by atoms with Gasteiger partial charge in [-0.25, -0.2) is 0 Å². The number of nitrogens with one attached hydrogen (secondary N) is 2. The molecule has 0 spiro atoms. The lowest BCUT2D eigenvalue weighted by Gasteiger charge is -2.30. The number of Topliss-reactive ketones (excluding diaryl/α,β-unsaturated/α-hetero) is 2. The molecule has 0 aliphatic heterocycles. The van der Waals surface area contributed by atoms with Crippen LogP contribution in [0.25, 0.3) is 34.4 Å². The van der Waals surface area contributed by atoms with Crippen LogP contribution in [0.5, 0.6) is 11.5 Å². The monoisotopic (exact) mass is 850 g/mol. The van der Waals surface area contributed by atoms with Crippen LogP contribution in [0.3, 0.4) is 0 Å². The Kier molecular flexibility index (Phi) is 11.8. The van der Waals surface area contributed by atoms with Crippen molar-refractivity contribution in [2.45, 2.75) is 66.2 Å². The number of anilines is 2. The van der Waals surface area contributed by atoms with Crippen LogP contribution in [-0.2, 0) is 22.4 Å². The Balaban J connectivity index is 1.25. The molecule has 0 unspecified atom stereocenters. The van der Waals surface area contributed by atoms with Crippen molar-refractivity contribution in [3.8, 4) is 22.6 Å². The molecule has 0 amide bonds. The van der Waals surface area contributed by atoms with Crippen molar-refractivity contribution in [3.63, 3.8) is 0 Å². The van der Waals surface area contributed by atoms with Gasteiger partial charge in [0.15, 0.2) is 11.5 Å². The van der Waals surface area contributed by atoms with Gasteiger partial charge in [0.25, 0.3) is 0 Å². The van der Waals surface area contributed by atoms with E-state index in [1.54, 1.807) is 24.8 Å². The lowest BCUT2D eigenvalue weighted by molar-refractivity contribution is -0.113. The van der Waals surface area contributed by atoms with Crippen LogP contribution in [-0.4, -0.2) is 42.0 Å². The molecule has 6 N–H and O–H groups in total. The van der Waals surface area contributed by atoms with Crippen LogP contribution >= 0.6 is 0 Å². The Bertz CT molecular complexity index is 2740. The van der Waals surface area contributed by atoms with E-state index in [0.717, 1.165) is 46.2 Å². The van der Waals surface area contributed by atoms with Crippen molar-refractivity contribution in [2.75, 3.05) is 10.6 Å². The summed E-state index contributed by atoms with van der Waals surface area (Å²) in [5.74, 6) is -3.14. The Hall–Kier alpha value is -7.72. The largest absolute Gasteiger partial charge is 0.507 e. The molecule has 0 atom stereocenters. The molecule has 2 aromatic heterocycles. The second-order valence-electron chi connectivity index (χ2n) is 17.0. The first-order chi connectivity index (χ1) is 30.7. The number of aromatic hydroxyl groups is 2. The Labute approximate surface area is 372 Å². The fourth-order valence-electron chi connectivity index (χ4n) is 9.15. The van der Waals surface area contributed by atoms with Gasteiger partial charge < -0.3 is 31.1 Å². The summed E-state index contributed by atoms with van der Waals surface area (Å²) >= 11 is 0. The Morgan fingerprint density at radius 3 is 1.16 bits per heavy atom. The molecule has 8 rings (SSSR count). The van der Waals surface area contributed by atoms with Crippen LogP contribution in [0, 0.1) is 13.8 Å². The molecular weight excluding hydrogens is 801 g/mol. The number of allylic oxidation sites excluding steroid dienone is 2. The van der Waals surface area contributed by atoms with E-state index >= 15 is 0 Å². The zero-order valence-electron chi connectivity index (χ0n) is 36.6. The predicted octanol–water partition coefficient (Wildman–Crippen LogP) is 11.5. The van der Waals surface area contributed by atoms with Crippen LogP contribution in [0.4, 0.5) is 11.4 Å².